The van der Waals surface area contributed by atoms with E-state index in [-0.39, 0.29) is 29.0 Å². The minimum absolute atomic E-state index is 0.0288. The monoisotopic (exact) mass is 294 g/mol. The lowest BCUT2D eigenvalue weighted by Gasteiger charge is -2.21. The summed E-state index contributed by atoms with van der Waals surface area (Å²) in [5, 5.41) is 0. The number of hydrogen-bond donors (Lipinski definition) is 1. The summed E-state index contributed by atoms with van der Waals surface area (Å²) in [5.41, 5.74) is 6.33. The number of carbonyl (C=O) groups is 2. The Bertz CT molecular complexity index is 514. The van der Waals surface area contributed by atoms with Gasteiger partial charge in [-0.2, -0.15) is 0 Å². The summed E-state index contributed by atoms with van der Waals surface area (Å²) in [6.07, 6.45) is 1.46. The highest BCUT2D eigenvalue weighted by Gasteiger charge is 2.19. The number of pyridine rings is 1. The summed E-state index contributed by atoms with van der Waals surface area (Å²) in [5.74, 6) is -0.433. The van der Waals surface area contributed by atoms with Crippen LogP contribution in [0.15, 0.2) is 18.3 Å². The molecule has 6 nitrogen and oxygen atoms in total. The molecule has 0 aliphatic heterocycles. The maximum absolute atomic E-state index is 12.2. The molecule has 1 aromatic heterocycles. The lowest BCUT2D eigenvalue weighted by molar-refractivity contribution is -0.129. The third-order valence-electron chi connectivity index (χ3n) is 2.76. The SMILES string of the molecule is CCN(CC(=O)N(C)C)C(=O)c1ccc(C(N)=S)cn1. The first-order valence-electron chi connectivity index (χ1n) is 6.12. The molecule has 0 fully saturated rings. The average Bonchev–Trinajstić information content (AvgIpc) is 2.43. The zero-order valence-electron chi connectivity index (χ0n) is 11.8. The fourth-order valence-corrected chi connectivity index (χ4v) is 1.58. The van der Waals surface area contributed by atoms with Crippen molar-refractivity contribution in [2.45, 2.75) is 6.92 Å². The maximum Gasteiger partial charge on any atom is 0.272 e. The predicted molar refractivity (Wildman–Crippen MR) is 80.4 cm³/mol. The molecule has 2 amide bonds. The fraction of sp³-hybridized carbons (Fsp3) is 0.385. The molecule has 7 heteroatoms. The van der Waals surface area contributed by atoms with Gasteiger partial charge in [-0.25, -0.2) is 0 Å². The van der Waals surface area contributed by atoms with Gasteiger partial charge in [0, 0.05) is 32.4 Å². The fourth-order valence-electron chi connectivity index (χ4n) is 1.46. The van der Waals surface area contributed by atoms with Gasteiger partial charge in [0.1, 0.15) is 17.2 Å². The summed E-state index contributed by atoms with van der Waals surface area (Å²) in [6, 6.07) is 3.20. The molecule has 1 rings (SSSR count). The lowest BCUT2D eigenvalue weighted by atomic mass is 10.2. The standard InChI is InChI=1S/C13H18N4O2S/c1-4-17(8-11(18)16(2)3)13(19)10-6-5-9(7-15-10)12(14)20/h5-7H,4,8H2,1-3H3,(H2,14,20). The molecular formula is C13H18N4O2S. The second-order valence-corrected chi connectivity index (χ2v) is 4.84. The molecule has 20 heavy (non-hydrogen) atoms. The van der Waals surface area contributed by atoms with E-state index in [2.05, 4.69) is 4.98 Å². The van der Waals surface area contributed by atoms with Crippen LogP contribution in [0.3, 0.4) is 0 Å². The number of nitrogens with zero attached hydrogens (tertiary/aromatic N) is 3. The van der Waals surface area contributed by atoms with Gasteiger partial charge in [-0.15, -0.1) is 0 Å². The van der Waals surface area contributed by atoms with Crippen LogP contribution in [0.4, 0.5) is 0 Å². The van der Waals surface area contributed by atoms with E-state index in [0.29, 0.717) is 12.1 Å². The summed E-state index contributed by atoms with van der Waals surface area (Å²) in [4.78, 5) is 31.1. The predicted octanol–water partition coefficient (Wildman–Crippen LogP) is 0.266. The van der Waals surface area contributed by atoms with Gasteiger partial charge in [0.25, 0.3) is 5.91 Å². The number of aromatic nitrogens is 1. The molecule has 1 heterocycles. The highest BCUT2D eigenvalue weighted by molar-refractivity contribution is 7.80. The zero-order chi connectivity index (χ0) is 15.3. The van der Waals surface area contributed by atoms with Gasteiger partial charge in [-0.05, 0) is 19.1 Å². The van der Waals surface area contributed by atoms with E-state index in [9.17, 15) is 9.59 Å². The van der Waals surface area contributed by atoms with Crippen molar-refractivity contribution in [3.05, 3.63) is 29.6 Å². The molecule has 108 valence electrons. The molecule has 0 saturated carbocycles. The third kappa shape index (κ3) is 3.99. The number of hydrogen-bond acceptors (Lipinski definition) is 4. The van der Waals surface area contributed by atoms with E-state index < -0.39 is 0 Å². The highest BCUT2D eigenvalue weighted by atomic mass is 32.1. The Hall–Kier alpha value is -2.02. The van der Waals surface area contributed by atoms with E-state index in [1.165, 1.54) is 16.0 Å². The van der Waals surface area contributed by atoms with Gasteiger partial charge in [0.15, 0.2) is 0 Å². The first-order chi connectivity index (χ1) is 9.36. The van der Waals surface area contributed by atoms with Crippen LogP contribution in [-0.2, 0) is 4.79 Å². The van der Waals surface area contributed by atoms with Crippen LogP contribution in [0.5, 0.6) is 0 Å². The Morgan fingerprint density at radius 3 is 2.40 bits per heavy atom. The maximum atomic E-state index is 12.2. The van der Waals surface area contributed by atoms with Crippen LogP contribution in [0.2, 0.25) is 0 Å². The van der Waals surface area contributed by atoms with Crippen LogP contribution >= 0.6 is 12.2 Å². The van der Waals surface area contributed by atoms with Gasteiger partial charge < -0.3 is 15.5 Å². The number of thiocarbonyl (C=S) groups is 1. The molecule has 2 N–H and O–H groups in total. The molecule has 0 aliphatic rings. The Labute approximate surface area is 123 Å². The first kappa shape index (κ1) is 16.0. The Morgan fingerprint density at radius 2 is 2.00 bits per heavy atom. The molecule has 0 spiro atoms. The van der Waals surface area contributed by atoms with Crippen LogP contribution < -0.4 is 5.73 Å². The molecule has 0 aromatic carbocycles. The molecule has 0 radical (unpaired) electrons. The first-order valence-corrected chi connectivity index (χ1v) is 6.53. The number of amides is 2. The van der Waals surface area contributed by atoms with E-state index in [4.69, 9.17) is 18.0 Å². The minimum Gasteiger partial charge on any atom is -0.389 e. The van der Waals surface area contributed by atoms with Crippen molar-refractivity contribution in [1.29, 1.82) is 0 Å². The van der Waals surface area contributed by atoms with Crippen molar-refractivity contribution < 1.29 is 9.59 Å². The molecular weight excluding hydrogens is 276 g/mol. The number of likely N-dealkylation sites (N-methyl/N-ethyl adjacent to an activating group) is 2. The van der Waals surface area contributed by atoms with Gasteiger partial charge in [0.05, 0.1) is 0 Å². The van der Waals surface area contributed by atoms with E-state index in [0.717, 1.165) is 0 Å². The van der Waals surface area contributed by atoms with Crippen LogP contribution in [0.25, 0.3) is 0 Å². The Balaban J connectivity index is 2.85. The lowest BCUT2D eigenvalue weighted by Crippen LogP contribution is -2.40. The zero-order valence-corrected chi connectivity index (χ0v) is 12.6. The number of nitrogens with two attached hydrogens (primary N) is 1. The smallest absolute Gasteiger partial charge is 0.272 e. The Morgan fingerprint density at radius 1 is 1.35 bits per heavy atom. The van der Waals surface area contributed by atoms with Crippen molar-refractivity contribution in [1.82, 2.24) is 14.8 Å². The molecule has 0 unspecified atom stereocenters. The summed E-state index contributed by atoms with van der Waals surface area (Å²) < 4.78 is 0. The van der Waals surface area contributed by atoms with Crippen molar-refractivity contribution in [3.8, 4) is 0 Å². The van der Waals surface area contributed by atoms with Gasteiger partial charge >= 0.3 is 0 Å². The summed E-state index contributed by atoms with van der Waals surface area (Å²) in [6.45, 7) is 2.27. The van der Waals surface area contributed by atoms with Crippen LogP contribution in [-0.4, -0.2) is 58.8 Å². The topological polar surface area (TPSA) is 79.5 Å². The molecule has 0 saturated heterocycles. The van der Waals surface area contributed by atoms with Gasteiger partial charge in [-0.3, -0.25) is 14.6 Å². The second-order valence-electron chi connectivity index (χ2n) is 4.40. The van der Waals surface area contributed by atoms with Crippen molar-refractivity contribution in [3.63, 3.8) is 0 Å². The number of rotatable bonds is 5. The molecule has 0 atom stereocenters. The normalized spacial score (nSPS) is 9.95. The third-order valence-corrected chi connectivity index (χ3v) is 3.00. The quantitative estimate of drug-likeness (QED) is 0.788. The van der Waals surface area contributed by atoms with Crippen molar-refractivity contribution >= 4 is 29.0 Å². The second kappa shape index (κ2) is 6.95. The highest BCUT2D eigenvalue weighted by Crippen LogP contribution is 2.05. The largest absolute Gasteiger partial charge is 0.389 e. The summed E-state index contributed by atoms with van der Waals surface area (Å²) in [7, 11) is 3.30. The molecule has 1 aromatic rings. The minimum atomic E-state index is -0.294. The van der Waals surface area contributed by atoms with Gasteiger partial charge in [0.2, 0.25) is 5.91 Å². The van der Waals surface area contributed by atoms with Crippen molar-refractivity contribution in [2.75, 3.05) is 27.2 Å². The average molecular weight is 294 g/mol. The molecule has 0 aliphatic carbocycles. The van der Waals surface area contributed by atoms with Crippen LogP contribution in [0, 0.1) is 0 Å². The van der Waals surface area contributed by atoms with E-state index in [1.807, 2.05) is 6.92 Å². The van der Waals surface area contributed by atoms with Crippen LogP contribution in [0.1, 0.15) is 23.0 Å². The summed E-state index contributed by atoms with van der Waals surface area (Å²) >= 11 is 4.82. The Kier molecular flexibility index (Phi) is 5.57. The van der Waals surface area contributed by atoms with Crippen molar-refractivity contribution in [2.24, 2.45) is 5.73 Å². The van der Waals surface area contributed by atoms with E-state index in [1.54, 1.807) is 26.2 Å². The molecule has 0 bridgehead atoms. The van der Waals surface area contributed by atoms with Gasteiger partial charge in [-0.1, -0.05) is 12.2 Å². The number of carbonyl (C=O) groups excluding carboxylic acids is 2. The van der Waals surface area contributed by atoms with E-state index >= 15 is 0 Å².